The van der Waals surface area contributed by atoms with Crippen LogP contribution in [0.25, 0.3) is 0 Å². The van der Waals surface area contributed by atoms with E-state index in [1.165, 1.54) is 24.3 Å². The Hall–Kier alpha value is -4.55. The lowest BCUT2D eigenvalue weighted by atomic mass is 9.99. The zero-order valence-corrected chi connectivity index (χ0v) is 19.5. The van der Waals surface area contributed by atoms with Gasteiger partial charge in [-0.3, -0.25) is 14.4 Å². The van der Waals surface area contributed by atoms with Crippen LogP contribution in [0.3, 0.4) is 0 Å². The first-order valence-corrected chi connectivity index (χ1v) is 11.5. The molecule has 0 unspecified atom stereocenters. The van der Waals surface area contributed by atoms with Crippen molar-refractivity contribution in [3.8, 4) is 0 Å². The van der Waals surface area contributed by atoms with Gasteiger partial charge >= 0.3 is 5.97 Å². The van der Waals surface area contributed by atoms with E-state index in [2.05, 4.69) is 0 Å². The van der Waals surface area contributed by atoms with Gasteiger partial charge in [0.2, 0.25) is 5.78 Å². The first kappa shape index (κ1) is 23.2. The zero-order valence-electron chi connectivity index (χ0n) is 18.8. The van der Waals surface area contributed by atoms with E-state index < -0.39 is 23.9 Å². The predicted octanol–water partition coefficient (Wildman–Crippen LogP) is 5.92. The second-order valence-electron chi connectivity index (χ2n) is 8.11. The number of imide groups is 1. The molecule has 0 radical (unpaired) electrons. The van der Waals surface area contributed by atoms with Crippen molar-refractivity contribution in [2.45, 2.75) is 6.10 Å². The number of hydrogen-bond acceptors (Lipinski definition) is 5. The summed E-state index contributed by atoms with van der Waals surface area (Å²) in [7, 11) is 0. The Kier molecular flexibility index (Phi) is 6.19. The fraction of sp³-hybridized carbons (Fsp3) is 0.0345. The smallest absolute Gasteiger partial charge is 0.339 e. The Morgan fingerprint density at radius 3 is 2.06 bits per heavy atom. The molecule has 36 heavy (non-hydrogen) atoms. The highest BCUT2D eigenvalue weighted by Gasteiger charge is 2.37. The van der Waals surface area contributed by atoms with Crippen molar-refractivity contribution in [1.82, 2.24) is 0 Å². The van der Waals surface area contributed by atoms with Gasteiger partial charge in [-0.1, -0.05) is 78.3 Å². The lowest BCUT2D eigenvalue weighted by molar-refractivity contribution is 0.0280. The maximum absolute atomic E-state index is 13.2. The topological polar surface area (TPSA) is 80.8 Å². The molecule has 0 bridgehead atoms. The van der Waals surface area contributed by atoms with E-state index in [9.17, 15) is 19.2 Å². The number of ketones is 1. The Morgan fingerprint density at radius 2 is 1.36 bits per heavy atom. The maximum Gasteiger partial charge on any atom is 0.339 e. The lowest BCUT2D eigenvalue weighted by Crippen LogP contribution is -2.29. The first-order valence-electron chi connectivity index (χ1n) is 11.1. The second kappa shape index (κ2) is 9.60. The monoisotopic (exact) mass is 495 g/mol. The van der Waals surface area contributed by atoms with Crippen molar-refractivity contribution in [2.24, 2.45) is 0 Å². The van der Waals surface area contributed by atoms with Gasteiger partial charge in [0, 0.05) is 16.1 Å². The minimum absolute atomic E-state index is 0.0460. The molecule has 0 saturated carbocycles. The van der Waals surface area contributed by atoms with E-state index in [1.807, 2.05) is 0 Å². The van der Waals surface area contributed by atoms with E-state index in [0.29, 0.717) is 21.8 Å². The maximum atomic E-state index is 13.2. The number of rotatable bonds is 6. The third-order valence-electron chi connectivity index (χ3n) is 5.81. The first-order chi connectivity index (χ1) is 17.4. The van der Waals surface area contributed by atoms with Crippen molar-refractivity contribution >= 4 is 40.9 Å². The second-order valence-corrected chi connectivity index (χ2v) is 8.55. The van der Waals surface area contributed by atoms with Crippen LogP contribution in [0, 0.1) is 0 Å². The molecular formula is C29H18ClNO5. The molecule has 1 heterocycles. The summed E-state index contributed by atoms with van der Waals surface area (Å²) in [5, 5.41) is 0.378. The van der Waals surface area contributed by atoms with E-state index in [1.54, 1.807) is 78.9 Å². The van der Waals surface area contributed by atoms with Crippen LogP contribution in [-0.4, -0.2) is 23.6 Å². The van der Waals surface area contributed by atoms with Crippen LogP contribution in [0.1, 0.15) is 53.1 Å². The summed E-state index contributed by atoms with van der Waals surface area (Å²) in [5.41, 5.74) is 1.52. The highest BCUT2D eigenvalue weighted by atomic mass is 35.5. The normalized spacial score (nSPS) is 13.3. The highest BCUT2D eigenvalue weighted by Crippen LogP contribution is 2.31. The van der Waals surface area contributed by atoms with Crippen LogP contribution in [0.5, 0.6) is 0 Å². The summed E-state index contributed by atoms with van der Waals surface area (Å²) >= 11 is 6.03. The van der Waals surface area contributed by atoms with Gasteiger partial charge in [-0.25, -0.2) is 9.69 Å². The van der Waals surface area contributed by atoms with Gasteiger partial charge in [-0.15, -0.1) is 0 Å². The fourth-order valence-electron chi connectivity index (χ4n) is 4.05. The molecule has 7 heteroatoms. The van der Waals surface area contributed by atoms with Crippen LogP contribution in [0.4, 0.5) is 5.69 Å². The Balaban J connectivity index is 1.45. The molecule has 1 aliphatic heterocycles. The number of ether oxygens (including phenoxy) is 1. The third kappa shape index (κ3) is 4.30. The minimum atomic E-state index is -1.19. The molecule has 5 rings (SSSR count). The number of fused-ring (bicyclic) bond motifs is 1. The molecule has 0 N–H and O–H groups in total. The number of esters is 1. The van der Waals surface area contributed by atoms with Crippen molar-refractivity contribution in [3.63, 3.8) is 0 Å². The molecule has 1 atom stereocenters. The van der Waals surface area contributed by atoms with Crippen LogP contribution in [0.15, 0.2) is 103 Å². The molecule has 0 aromatic heterocycles. The average molecular weight is 496 g/mol. The summed E-state index contributed by atoms with van der Waals surface area (Å²) in [6.45, 7) is 0. The third-order valence-corrected chi connectivity index (χ3v) is 6.05. The quantitative estimate of drug-likeness (QED) is 0.188. The van der Waals surface area contributed by atoms with Crippen molar-refractivity contribution in [3.05, 3.63) is 136 Å². The van der Waals surface area contributed by atoms with Gasteiger partial charge in [-0.2, -0.15) is 0 Å². The lowest BCUT2D eigenvalue weighted by Gasteiger charge is -2.17. The molecule has 1 aliphatic rings. The van der Waals surface area contributed by atoms with E-state index >= 15 is 0 Å². The number of Topliss-reactive ketones (excluding diaryl/α,β-unsaturated/α-hetero) is 1. The molecule has 6 nitrogen and oxygen atoms in total. The van der Waals surface area contributed by atoms with Crippen molar-refractivity contribution < 1.29 is 23.9 Å². The largest absolute Gasteiger partial charge is 0.445 e. The van der Waals surface area contributed by atoms with Gasteiger partial charge in [-0.05, 0) is 36.4 Å². The summed E-state index contributed by atoms with van der Waals surface area (Å²) in [6, 6.07) is 27.8. The van der Waals surface area contributed by atoms with Gasteiger partial charge in [0.25, 0.3) is 11.8 Å². The molecule has 176 valence electrons. The zero-order chi connectivity index (χ0) is 25.2. The number of halogens is 1. The number of amides is 2. The molecule has 0 aliphatic carbocycles. The SMILES string of the molecule is O=C(O[C@H](C(=O)c1ccccc1)c1ccccc1)c1ccc2c(c1)C(=O)N(c1cccc(Cl)c1)C2=O. The van der Waals surface area contributed by atoms with Gasteiger partial charge in [0.15, 0.2) is 6.10 Å². The van der Waals surface area contributed by atoms with E-state index in [0.717, 1.165) is 4.90 Å². The van der Waals surface area contributed by atoms with Crippen molar-refractivity contribution in [2.75, 3.05) is 4.90 Å². The Morgan fingerprint density at radius 1 is 0.694 bits per heavy atom. The number of carbonyl (C=O) groups is 4. The summed E-state index contributed by atoms with van der Waals surface area (Å²) in [6.07, 6.45) is -1.19. The Labute approximate surface area is 211 Å². The van der Waals surface area contributed by atoms with Crippen LogP contribution >= 0.6 is 11.6 Å². The van der Waals surface area contributed by atoms with Gasteiger partial charge < -0.3 is 4.74 Å². The highest BCUT2D eigenvalue weighted by molar-refractivity contribution is 6.35. The van der Waals surface area contributed by atoms with Gasteiger partial charge in [0.05, 0.1) is 22.4 Å². The van der Waals surface area contributed by atoms with Crippen molar-refractivity contribution in [1.29, 1.82) is 0 Å². The number of benzene rings is 4. The van der Waals surface area contributed by atoms with Gasteiger partial charge in [0.1, 0.15) is 0 Å². The average Bonchev–Trinajstić information content (AvgIpc) is 3.16. The molecule has 2 amide bonds. The molecule has 0 fully saturated rings. The number of carbonyl (C=O) groups excluding carboxylic acids is 4. The Bertz CT molecular complexity index is 1500. The molecule has 0 saturated heterocycles. The molecule has 4 aromatic carbocycles. The molecular weight excluding hydrogens is 478 g/mol. The molecule has 4 aromatic rings. The number of anilines is 1. The van der Waals surface area contributed by atoms with Crippen LogP contribution in [0.2, 0.25) is 5.02 Å². The number of nitrogens with zero attached hydrogens (tertiary/aromatic N) is 1. The minimum Gasteiger partial charge on any atom is -0.445 e. The summed E-state index contributed by atoms with van der Waals surface area (Å²) in [5.74, 6) is -2.27. The standard InChI is InChI=1S/C29H18ClNO5/c30-21-12-7-13-22(17-21)31-27(33)23-15-14-20(16-24(23)28(31)34)29(35)36-26(19-10-5-2-6-11-19)25(32)18-8-3-1-4-9-18/h1-17,26H/t26-/m0/s1. The van der Waals surface area contributed by atoms with Crippen LogP contribution < -0.4 is 4.90 Å². The molecule has 0 spiro atoms. The number of hydrogen-bond donors (Lipinski definition) is 0. The summed E-state index contributed by atoms with van der Waals surface area (Å²) < 4.78 is 5.67. The summed E-state index contributed by atoms with van der Waals surface area (Å²) in [4.78, 5) is 53.4. The van der Waals surface area contributed by atoms with Crippen LogP contribution in [-0.2, 0) is 4.74 Å². The van der Waals surface area contributed by atoms with E-state index in [4.69, 9.17) is 16.3 Å². The predicted molar refractivity (Wildman–Crippen MR) is 134 cm³/mol. The van der Waals surface area contributed by atoms with E-state index in [-0.39, 0.29) is 22.5 Å². The fourth-order valence-corrected chi connectivity index (χ4v) is 4.23.